The monoisotopic (exact) mass is 446 g/mol. The lowest BCUT2D eigenvalue weighted by Gasteiger charge is -2.34. The summed E-state index contributed by atoms with van der Waals surface area (Å²) in [6.45, 7) is 5.85. The topological polar surface area (TPSA) is 56.8 Å². The second kappa shape index (κ2) is 9.04. The summed E-state index contributed by atoms with van der Waals surface area (Å²) in [6.07, 6.45) is 4.43. The first-order valence-corrected chi connectivity index (χ1v) is 11.7. The van der Waals surface area contributed by atoms with E-state index in [0.717, 1.165) is 56.7 Å². The molecule has 2 atom stereocenters. The number of hydrogen-bond acceptors (Lipinski definition) is 5. The lowest BCUT2D eigenvalue weighted by molar-refractivity contribution is -0.130. The first kappa shape index (κ1) is 21.3. The molecule has 2 fully saturated rings. The summed E-state index contributed by atoms with van der Waals surface area (Å²) in [5.41, 5.74) is 1.68. The Labute approximate surface area is 186 Å². The smallest absolute Gasteiger partial charge is 0.230 e. The average molecular weight is 447 g/mol. The van der Waals surface area contributed by atoms with Gasteiger partial charge in [0.2, 0.25) is 11.8 Å². The van der Waals surface area contributed by atoms with Gasteiger partial charge >= 0.3 is 0 Å². The van der Waals surface area contributed by atoms with E-state index in [1.807, 2.05) is 22.4 Å². The molecule has 1 aromatic carbocycles. The number of rotatable bonds is 5. The largest absolute Gasteiger partial charge is 0.338 e. The van der Waals surface area contributed by atoms with Gasteiger partial charge in [0, 0.05) is 49.4 Å². The van der Waals surface area contributed by atoms with E-state index >= 15 is 0 Å². The highest BCUT2D eigenvalue weighted by Crippen LogP contribution is 2.33. The van der Waals surface area contributed by atoms with Crippen molar-refractivity contribution in [2.45, 2.75) is 58.2 Å². The third-order valence-electron chi connectivity index (χ3n) is 6.04. The summed E-state index contributed by atoms with van der Waals surface area (Å²) >= 11 is 7.59. The Bertz CT molecular complexity index is 933. The van der Waals surface area contributed by atoms with Crippen LogP contribution in [0, 0.1) is 0 Å². The van der Waals surface area contributed by atoms with Crippen LogP contribution in [0.4, 0.5) is 10.8 Å². The molecule has 0 unspecified atom stereocenters. The molecular formula is C22H27ClN4O2S. The average Bonchev–Trinajstić information content (AvgIpc) is 3.42. The zero-order valence-electron chi connectivity index (χ0n) is 17.4. The number of likely N-dealkylation sites (tertiary alicyclic amines) is 2. The third-order valence-corrected chi connectivity index (χ3v) is 7.15. The molecule has 2 aromatic rings. The van der Waals surface area contributed by atoms with E-state index in [9.17, 15) is 9.59 Å². The lowest BCUT2D eigenvalue weighted by atomic mass is 10.0. The molecule has 0 spiro atoms. The summed E-state index contributed by atoms with van der Waals surface area (Å²) in [5, 5.41) is 3.27. The Hall–Kier alpha value is -1.96. The number of hydrogen-bond donors (Lipinski definition) is 0. The van der Waals surface area contributed by atoms with Crippen LogP contribution >= 0.6 is 22.9 Å². The normalized spacial score (nSPS) is 21.9. The molecular weight excluding hydrogens is 420 g/mol. The quantitative estimate of drug-likeness (QED) is 0.680. The number of nitrogens with zero attached hydrogens (tertiary/aromatic N) is 4. The van der Waals surface area contributed by atoms with Crippen molar-refractivity contribution in [3.8, 4) is 0 Å². The molecule has 2 aliphatic rings. The van der Waals surface area contributed by atoms with Gasteiger partial charge < -0.3 is 4.90 Å². The predicted molar refractivity (Wildman–Crippen MR) is 120 cm³/mol. The maximum absolute atomic E-state index is 12.3. The molecule has 2 aliphatic heterocycles. The zero-order chi connectivity index (χ0) is 21.3. The van der Waals surface area contributed by atoms with Crippen molar-refractivity contribution >= 4 is 45.6 Å². The fourth-order valence-electron chi connectivity index (χ4n) is 4.79. The molecule has 1 aromatic heterocycles. The molecule has 0 aliphatic carbocycles. The first-order chi connectivity index (χ1) is 14.4. The summed E-state index contributed by atoms with van der Waals surface area (Å²) in [4.78, 5) is 35.3. The minimum atomic E-state index is -0.0970. The van der Waals surface area contributed by atoms with Gasteiger partial charge in [-0.1, -0.05) is 17.7 Å². The van der Waals surface area contributed by atoms with Crippen LogP contribution in [0.25, 0.3) is 0 Å². The Morgan fingerprint density at radius 1 is 1.20 bits per heavy atom. The Kier molecular flexibility index (Phi) is 6.41. The number of anilines is 2. The van der Waals surface area contributed by atoms with Crippen molar-refractivity contribution in [3.05, 3.63) is 40.4 Å². The fraction of sp³-hybridized carbons (Fsp3) is 0.500. The van der Waals surface area contributed by atoms with Crippen molar-refractivity contribution in [3.63, 3.8) is 0 Å². The van der Waals surface area contributed by atoms with Crippen molar-refractivity contribution in [1.29, 1.82) is 0 Å². The molecule has 4 rings (SSSR count). The van der Waals surface area contributed by atoms with Crippen LogP contribution in [0.15, 0.2) is 29.6 Å². The van der Waals surface area contributed by atoms with E-state index in [-0.39, 0.29) is 11.8 Å². The number of aromatic nitrogens is 1. The van der Waals surface area contributed by atoms with Crippen LogP contribution in [-0.4, -0.2) is 51.8 Å². The maximum Gasteiger partial charge on any atom is 0.230 e. The van der Waals surface area contributed by atoms with Crippen LogP contribution in [0.3, 0.4) is 0 Å². The number of benzene rings is 1. The van der Waals surface area contributed by atoms with Gasteiger partial charge in [-0.05, 0) is 50.4 Å². The molecule has 8 heteroatoms. The Morgan fingerprint density at radius 2 is 1.97 bits per heavy atom. The lowest BCUT2D eigenvalue weighted by Crippen LogP contribution is -2.47. The molecule has 2 saturated heterocycles. The van der Waals surface area contributed by atoms with Gasteiger partial charge in [-0.3, -0.25) is 19.4 Å². The first-order valence-electron chi connectivity index (χ1n) is 10.5. The fourth-order valence-corrected chi connectivity index (χ4v) is 5.85. The number of carbonyl (C=O) groups excluding carboxylic acids is 2. The molecule has 2 amide bonds. The Balaban J connectivity index is 1.51. The van der Waals surface area contributed by atoms with Gasteiger partial charge in [0.15, 0.2) is 5.13 Å². The summed E-state index contributed by atoms with van der Waals surface area (Å²) in [7, 11) is 0. The van der Waals surface area contributed by atoms with E-state index in [2.05, 4.69) is 4.90 Å². The van der Waals surface area contributed by atoms with Gasteiger partial charge in [0.05, 0.1) is 11.4 Å². The van der Waals surface area contributed by atoms with E-state index in [4.69, 9.17) is 16.6 Å². The van der Waals surface area contributed by atoms with E-state index in [0.29, 0.717) is 22.2 Å². The van der Waals surface area contributed by atoms with Gasteiger partial charge in [0.1, 0.15) is 0 Å². The third kappa shape index (κ3) is 4.38. The molecule has 3 heterocycles. The van der Waals surface area contributed by atoms with Crippen molar-refractivity contribution in [2.24, 2.45) is 0 Å². The van der Waals surface area contributed by atoms with Gasteiger partial charge in [-0.25, -0.2) is 4.98 Å². The minimum absolute atomic E-state index is 0.0970. The Morgan fingerprint density at radius 3 is 2.70 bits per heavy atom. The molecule has 0 radical (unpaired) electrons. The molecule has 30 heavy (non-hydrogen) atoms. The second-order valence-corrected chi connectivity index (χ2v) is 9.33. The minimum Gasteiger partial charge on any atom is -0.338 e. The SMILES string of the molecule is CC(=O)N(c1cccc(Cl)c1)c1nc(CN2CCC[C@@H]2[C@H]2CCCN2C(C)=O)cs1. The maximum atomic E-state index is 12.3. The summed E-state index contributed by atoms with van der Waals surface area (Å²) in [6, 6.07) is 7.96. The highest BCUT2D eigenvalue weighted by molar-refractivity contribution is 7.14. The van der Waals surface area contributed by atoms with E-state index in [1.165, 1.54) is 18.3 Å². The number of amides is 2. The van der Waals surface area contributed by atoms with Crippen LogP contribution in [-0.2, 0) is 16.1 Å². The standard InChI is InChI=1S/C22H27ClN4O2S/c1-15(28)26-11-5-9-21(26)20-8-4-10-25(20)13-18-14-30-22(24-18)27(16(2)29)19-7-3-6-17(23)12-19/h3,6-7,12,14,20-21H,4-5,8-11,13H2,1-2H3/t20-,21-/m1/s1. The van der Waals surface area contributed by atoms with E-state index < -0.39 is 0 Å². The second-order valence-electron chi connectivity index (χ2n) is 8.06. The molecule has 6 nitrogen and oxygen atoms in total. The van der Waals surface area contributed by atoms with Crippen molar-refractivity contribution in [1.82, 2.24) is 14.8 Å². The van der Waals surface area contributed by atoms with Gasteiger partial charge in [-0.15, -0.1) is 11.3 Å². The zero-order valence-corrected chi connectivity index (χ0v) is 19.0. The van der Waals surface area contributed by atoms with Crippen molar-refractivity contribution < 1.29 is 9.59 Å². The summed E-state index contributed by atoms with van der Waals surface area (Å²) < 4.78 is 0. The van der Waals surface area contributed by atoms with Crippen LogP contribution in [0.2, 0.25) is 5.02 Å². The molecule has 0 saturated carbocycles. The summed E-state index contributed by atoms with van der Waals surface area (Å²) in [5.74, 6) is 0.0826. The highest BCUT2D eigenvalue weighted by atomic mass is 35.5. The van der Waals surface area contributed by atoms with Gasteiger partial charge in [0.25, 0.3) is 0 Å². The highest BCUT2D eigenvalue weighted by Gasteiger charge is 2.38. The number of thiazole rings is 1. The van der Waals surface area contributed by atoms with Crippen LogP contribution in [0.1, 0.15) is 45.2 Å². The van der Waals surface area contributed by atoms with E-state index in [1.54, 1.807) is 24.0 Å². The molecule has 0 bridgehead atoms. The van der Waals surface area contributed by atoms with Crippen LogP contribution in [0.5, 0.6) is 0 Å². The molecule has 0 N–H and O–H groups in total. The molecule has 160 valence electrons. The number of carbonyl (C=O) groups is 2. The number of halogens is 1. The van der Waals surface area contributed by atoms with Crippen molar-refractivity contribution in [2.75, 3.05) is 18.0 Å². The predicted octanol–water partition coefficient (Wildman–Crippen LogP) is 4.46. The van der Waals surface area contributed by atoms with Gasteiger partial charge in [-0.2, -0.15) is 0 Å². The van der Waals surface area contributed by atoms with Crippen LogP contribution < -0.4 is 4.90 Å².